The third kappa shape index (κ3) is 2.73. The van der Waals surface area contributed by atoms with Crippen molar-refractivity contribution in [3.05, 3.63) is 59.2 Å². The van der Waals surface area contributed by atoms with Crippen LogP contribution in [0, 0.1) is 0 Å². The van der Waals surface area contributed by atoms with Crippen molar-refractivity contribution in [3.8, 4) is 0 Å². The summed E-state index contributed by atoms with van der Waals surface area (Å²) in [5.41, 5.74) is 9.78. The molecule has 20 heavy (non-hydrogen) atoms. The van der Waals surface area contributed by atoms with E-state index < -0.39 is 0 Å². The number of nitrogens with zero attached hydrogens (tertiary/aromatic N) is 2. The van der Waals surface area contributed by atoms with Crippen LogP contribution in [0.1, 0.15) is 48.2 Å². The number of fused-ring (bicyclic) bond motifs is 1. The van der Waals surface area contributed by atoms with Crippen molar-refractivity contribution in [2.24, 2.45) is 5.73 Å². The Balaban J connectivity index is 1.87. The van der Waals surface area contributed by atoms with Gasteiger partial charge in [0.25, 0.3) is 0 Å². The van der Waals surface area contributed by atoms with E-state index in [2.05, 4.69) is 34.2 Å². The Morgan fingerprint density at radius 1 is 1.25 bits per heavy atom. The summed E-state index contributed by atoms with van der Waals surface area (Å²) in [5, 5.41) is 0. The van der Waals surface area contributed by atoms with Gasteiger partial charge < -0.3 is 5.73 Å². The zero-order valence-corrected chi connectivity index (χ0v) is 11.9. The van der Waals surface area contributed by atoms with Crippen molar-refractivity contribution in [3.63, 3.8) is 0 Å². The van der Waals surface area contributed by atoms with Gasteiger partial charge in [0.1, 0.15) is 5.82 Å². The number of hydrogen-bond donors (Lipinski definition) is 1. The van der Waals surface area contributed by atoms with Crippen LogP contribution in [0.25, 0.3) is 0 Å². The molecule has 0 bridgehead atoms. The molecule has 1 aromatic heterocycles. The van der Waals surface area contributed by atoms with Crippen LogP contribution in [0.15, 0.2) is 36.7 Å². The van der Waals surface area contributed by atoms with Crippen molar-refractivity contribution < 1.29 is 0 Å². The molecule has 0 radical (unpaired) electrons. The summed E-state index contributed by atoms with van der Waals surface area (Å²) in [6.45, 7) is 2.01. The van der Waals surface area contributed by atoms with Crippen LogP contribution in [-0.4, -0.2) is 16.0 Å². The van der Waals surface area contributed by atoms with Crippen LogP contribution in [-0.2, 0) is 12.8 Å². The minimum absolute atomic E-state index is 0.153. The standard InChI is InChI=1S/C17H21N3/c1-12(18)9-13-10-19-17(20-11-13)16-8-4-6-14-5-2-3-7-15(14)16/h2-3,5,7,10-12,16H,4,6,8-9,18H2,1H3. The number of aryl methyl sites for hydroxylation is 1. The van der Waals surface area contributed by atoms with Crippen molar-refractivity contribution in [1.82, 2.24) is 9.97 Å². The monoisotopic (exact) mass is 267 g/mol. The summed E-state index contributed by atoms with van der Waals surface area (Å²) in [4.78, 5) is 9.18. The zero-order valence-electron chi connectivity index (χ0n) is 11.9. The van der Waals surface area contributed by atoms with E-state index in [1.165, 1.54) is 24.0 Å². The minimum Gasteiger partial charge on any atom is -0.328 e. The fourth-order valence-electron chi connectivity index (χ4n) is 3.04. The number of hydrogen-bond acceptors (Lipinski definition) is 3. The quantitative estimate of drug-likeness (QED) is 0.930. The Kier molecular flexibility index (Phi) is 3.79. The van der Waals surface area contributed by atoms with Gasteiger partial charge in [0, 0.05) is 24.4 Å². The van der Waals surface area contributed by atoms with Crippen molar-refractivity contribution in [2.75, 3.05) is 0 Å². The van der Waals surface area contributed by atoms with E-state index >= 15 is 0 Å². The summed E-state index contributed by atoms with van der Waals surface area (Å²) >= 11 is 0. The molecule has 2 aromatic rings. The second kappa shape index (κ2) is 5.71. The molecule has 0 aliphatic heterocycles. The summed E-state index contributed by atoms with van der Waals surface area (Å²) in [6, 6.07) is 8.83. The topological polar surface area (TPSA) is 51.8 Å². The predicted octanol–water partition coefficient (Wildman–Crippen LogP) is 2.83. The number of benzene rings is 1. The van der Waals surface area contributed by atoms with Gasteiger partial charge in [-0.3, -0.25) is 0 Å². The van der Waals surface area contributed by atoms with E-state index in [0.29, 0.717) is 5.92 Å². The number of aromatic nitrogens is 2. The van der Waals surface area contributed by atoms with Crippen LogP contribution in [0.4, 0.5) is 0 Å². The highest BCUT2D eigenvalue weighted by atomic mass is 14.9. The largest absolute Gasteiger partial charge is 0.328 e. The molecule has 2 unspecified atom stereocenters. The number of nitrogens with two attached hydrogens (primary N) is 1. The van der Waals surface area contributed by atoms with Gasteiger partial charge in [-0.2, -0.15) is 0 Å². The van der Waals surface area contributed by atoms with E-state index in [4.69, 9.17) is 5.73 Å². The van der Waals surface area contributed by atoms with Gasteiger partial charge in [-0.25, -0.2) is 9.97 Å². The lowest BCUT2D eigenvalue weighted by atomic mass is 9.82. The van der Waals surface area contributed by atoms with E-state index in [1.807, 2.05) is 19.3 Å². The van der Waals surface area contributed by atoms with E-state index in [-0.39, 0.29) is 6.04 Å². The molecule has 0 saturated heterocycles. The fraction of sp³-hybridized carbons (Fsp3) is 0.412. The lowest BCUT2D eigenvalue weighted by Gasteiger charge is -2.24. The second-order valence-electron chi connectivity index (χ2n) is 5.77. The molecule has 0 spiro atoms. The molecular weight excluding hydrogens is 246 g/mol. The van der Waals surface area contributed by atoms with E-state index in [9.17, 15) is 0 Å². The molecule has 2 atom stereocenters. The van der Waals surface area contributed by atoms with Gasteiger partial charge in [-0.1, -0.05) is 24.3 Å². The molecule has 1 aromatic carbocycles. The van der Waals surface area contributed by atoms with E-state index in [0.717, 1.165) is 24.2 Å². The van der Waals surface area contributed by atoms with Crippen LogP contribution in [0.5, 0.6) is 0 Å². The highest BCUT2D eigenvalue weighted by Gasteiger charge is 2.23. The fourth-order valence-corrected chi connectivity index (χ4v) is 3.04. The van der Waals surface area contributed by atoms with Gasteiger partial charge in [-0.05, 0) is 49.3 Å². The molecule has 1 aliphatic carbocycles. The Morgan fingerprint density at radius 3 is 2.75 bits per heavy atom. The third-order valence-corrected chi connectivity index (χ3v) is 3.96. The zero-order chi connectivity index (χ0) is 13.9. The number of rotatable bonds is 3. The molecule has 2 N–H and O–H groups in total. The SMILES string of the molecule is CC(N)Cc1cnc(C2CCCc3ccccc32)nc1. The van der Waals surface area contributed by atoms with Crippen LogP contribution >= 0.6 is 0 Å². The van der Waals surface area contributed by atoms with Gasteiger partial charge in [0.15, 0.2) is 0 Å². The summed E-state index contributed by atoms with van der Waals surface area (Å²) in [6.07, 6.45) is 8.24. The molecule has 3 heteroatoms. The van der Waals surface area contributed by atoms with Crippen molar-refractivity contribution in [2.45, 2.75) is 44.6 Å². The Morgan fingerprint density at radius 2 is 2.00 bits per heavy atom. The summed E-state index contributed by atoms with van der Waals surface area (Å²) < 4.78 is 0. The molecule has 3 rings (SSSR count). The average molecular weight is 267 g/mol. The molecular formula is C17H21N3. The third-order valence-electron chi connectivity index (χ3n) is 3.96. The molecule has 104 valence electrons. The molecule has 3 nitrogen and oxygen atoms in total. The average Bonchev–Trinajstić information content (AvgIpc) is 2.47. The normalized spacial score (nSPS) is 19.4. The molecule has 1 heterocycles. The first-order valence-electron chi connectivity index (χ1n) is 7.38. The second-order valence-corrected chi connectivity index (χ2v) is 5.77. The first-order valence-corrected chi connectivity index (χ1v) is 7.38. The van der Waals surface area contributed by atoms with E-state index in [1.54, 1.807) is 0 Å². The smallest absolute Gasteiger partial charge is 0.135 e. The molecule has 0 saturated carbocycles. The molecule has 0 fully saturated rings. The highest BCUT2D eigenvalue weighted by molar-refractivity contribution is 5.36. The molecule has 0 amide bonds. The van der Waals surface area contributed by atoms with Gasteiger partial charge in [-0.15, -0.1) is 0 Å². The van der Waals surface area contributed by atoms with Gasteiger partial charge in [0.05, 0.1) is 0 Å². The lowest BCUT2D eigenvalue weighted by molar-refractivity contribution is 0.588. The van der Waals surface area contributed by atoms with Crippen molar-refractivity contribution >= 4 is 0 Å². The summed E-state index contributed by atoms with van der Waals surface area (Å²) in [5.74, 6) is 1.30. The first-order chi connectivity index (χ1) is 9.74. The van der Waals surface area contributed by atoms with Crippen LogP contribution in [0.2, 0.25) is 0 Å². The van der Waals surface area contributed by atoms with Crippen LogP contribution in [0.3, 0.4) is 0 Å². The minimum atomic E-state index is 0.153. The predicted molar refractivity (Wildman–Crippen MR) is 80.6 cm³/mol. The maximum absolute atomic E-state index is 5.81. The molecule has 1 aliphatic rings. The van der Waals surface area contributed by atoms with Gasteiger partial charge in [0.2, 0.25) is 0 Å². The Labute approximate surface area is 120 Å². The maximum atomic E-state index is 5.81. The van der Waals surface area contributed by atoms with Gasteiger partial charge >= 0.3 is 0 Å². The van der Waals surface area contributed by atoms with Crippen molar-refractivity contribution in [1.29, 1.82) is 0 Å². The lowest BCUT2D eigenvalue weighted by Crippen LogP contribution is -2.18. The highest BCUT2D eigenvalue weighted by Crippen LogP contribution is 2.34. The first kappa shape index (κ1) is 13.3. The van der Waals surface area contributed by atoms with Crippen LogP contribution < -0.4 is 5.73 Å². The maximum Gasteiger partial charge on any atom is 0.135 e. The summed E-state index contributed by atoms with van der Waals surface area (Å²) in [7, 11) is 0. The Bertz CT molecular complexity index is 575. The Hall–Kier alpha value is -1.74.